The Bertz CT molecular complexity index is 667. The maximum absolute atomic E-state index is 11.9. The normalized spacial score (nSPS) is 28.8. The predicted molar refractivity (Wildman–Crippen MR) is 89.3 cm³/mol. The van der Waals surface area contributed by atoms with Crippen LogP contribution in [-0.2, 0) is 19.5 Å². The van der Waals surface area contributed by atoms with Crippen molar-refractivity contribution in [1.82, 2.24) is 14.5 Å². The zero-order valence-electron chi connectivity index (χ0n) is 14.1. The summed E-state index contributed by atoms with van der Waals surface area (Å²) in [6, 6.07) is 3.80. The molecule has 3 rings (SSSR count). The van der Waals surface area contributed by atoms with Crippen LogP contribution in [0.3, 0.4) is 0 Å². The third-order valence-electron chi connectivity index (χ3n) is 4.44. The highest BCUT2D eigenvalue weighted by molar-refractivity contribution is 7.88. The van der Waals surface area contributed by atoms with Crippen LogP contribution in [0.1, 0.15) is 12.1 Å². The fraction of sp³-hybridized carbons (Fsp3) is 0.733. The molecule has 24 heavy (non-hydrogen) atoms. The second-order valence-electron chi connectivity index (χ2n) is 6.65. The lowest BCUT2D eigenvalue weighted by atomic mass is 9.94. The first-order valence-electron chi connectivity index (χ1n) is 8.07. The number of nitrogens with one attached hydrogen (secondary N) is 1. The first-order valence-corrected chi connectivity index (χ1v) is 9.92. The molecule has 0 aliphatic carbocycles. The average molecular weight is 356 g/mol. The number of aromatic nitrogens is 2. The second kappa shape index (κ2) is 6.91. The molecule has 1 aromatic rings. The predicted octanol–water partition coefficient (Wildman–Crippen LogP) is 0.264. The molecule has 8 nitrogen and oxygen atoms in total. The van der Waals surface area contributed by atoms with E-state index >= 15 is 0 Å². The zero-order valence-corrected chi connectivity index (χ0v) is 14.9. The number of aryl methyl sites for hydroxylation is 1. The van der Waals surface area contributed by atoms with E-state index < -0.39 is 15.6 Å². The summed E-state index contributed by atoms with van der Waals surface area (Å²) in [4.78, 5) is 0. The molecule has 2 fully saturated rings. The highest BCUT2D eigenvalue weighted by Crippen LogP contribution is 2.33. The summed E-state index contributed by atoms with van der Waals surface area (Å²) in [5.41, 5.74) is 0.324. The topological polar surface area (TPSA) is 93.7 Å². The summed E-state index contributed by atoms with van der Waals surface area (Å²) < 4.78 is 36.8. The standard InChI is InChI=1S/C15H24N4O4S/c1-12-3-4-14(18-17-12)16-8-13-7-15(23-9-13)10-19(24(2,20)21)5-6-22-11-15/h3-4,13H,5-11H2,1-2H3,(H,16,18)/t13-,15-/m0/s1. The van der Waals surface area contributed by atoms with Gasteiger partial charge in [0.05, 0.1) is 31.8 Å². The van der Waals surface area contributed by atoms with Gasteiger partial charge in [0.15, 0.2) is 0 Å². The first-order chi connectivity index (χ1) is 11.4. The number of ether oxygens (including phenoxy) is 2. The van der Waals surface area contributed by atoms with Crippen molar-refractivity contribution < 1.29 is 17.9 Å². The lowest BCUT2D eigenvalue weighted by Crippen LogP contribution is -2.46. The number of hydrogen-bond acceptors (Lipinski definition) is 7. The Morgan fingerprint density at radius 2 is 2.25 bits per heavy atom. The molecule has 1 spiro atoms. The third kappa shape index (κ3) is 4.21. The van der Waals surface area contributed by atoms with E-state index in [1.807, 2.05) is 19.1 Å². The van der Waals surface area contributed by atoms with E-state index in [9.17, 15) is 8.42 Å². The summed E-state index contributed by atoms with van der Waals surface area (Å²) in [6.45, 7) is 4.74. The summed E-state index contributed by atoms with van der Waals surface area (Å²) in [5, 5.41) is 11.4. The van der Waals surface area contributed by atoms with Gasteiger partial charge in [0, 0.05) is 25.6 Å². The van der Waals surface area contributed by atoms with Gasteiger partial charge in [0.25, 0.3) is 0 Å². The van der Waals surface area contributed by atoms with Crippen molar-refractivity contribution in [2.75, 3.05) is 51.0 Å². The average Bonchev–Trinajstić information content (AvgIpc) is 2.78. The van der Waals surface area contributed by atoms with Gasteiger partial charge in [-0.05, 0) is 25.5 Å². The lowest BCUT2D eigenvalue weighted by molar-refractivity contribution is -0.0511. The van der Waals surface area contributed by atoms with Crippen LogP contribution in [0.15, 0.2) is 12.1 Å². The summed E-state index contributed by atoms with van der Waals surface area (Å²) in [7, 11) is -3.25. The van der Waals surface area contributed by atoms with Gasteiger partial charge in [-0.25, -0.2) is 8.42 Å². The summed E-state index contributed by atoms with van der Waals surface area (Å²) in [5.74, 6) is 1.01. The molecule has 9 heteroatoms. The minimum Gasteiger partial charge on any atom is -0.377 e. The van der Waals surface area contributed by atoms with Crippen LogP contribution in [0.25, 0.3) is 0 Å². The van der Waals surface area contributed by atoms with Crippen LogP contribution in [-0.4, -0.2) is 74.2 Å². The molecule has 0 bridgehead atoms. The van der Waals surface area contributed by atoms with Crippen LogP contribution in [0.2, 0.25) is 0 Å². The number of hydrogen-bond donors (Lipinski definition) is 1. The molecule has 134 valence electrons. The fourth-order valence-electron chi connectivity index (χ4n) is 3.18. The third-order valence-corrected chi connectivity index (χ3v) is 5.69. The zero-order chi connectivity index (χ0) is 17.2. The molecule has 2 aliphatic rings. The van der Waals surface area contributed by atoms with Gasteiger partial charge in [-0.2, -0.15) is 9.40 Å². The van der Waals surface area contributed by atoms with Crippen molar-refractivity contribution in [3.8, 4) is 0 Å². The Morgan fingerprint density at radius 3 is 2.96 bits per heavy atom. The Hall–Kier alpha value is -1.29. The first kappa shape index (κ1) is 17.5. The molecule has 3 heterocycles. The van der Waals surface area contributed by atoms with Gasteiger partial charge in [-0.3, -0.25) is 0 Å². The highest BCUT2D eigenvalue weighted by Gasteiger charge is 2.44. The molecule has 0 unspecified atom stereocenters. The summed E-state index contributed by atoms with van der Waals surface area (Å²) in [6.07, 6.45) is 1.99. The minimum atomic E-state index is -3.25. The lowest BCUT2D eigenvalue weighted by Gasteiger charge is -2.29. The Morgan fingerprint density at radius 1 is 1.42 bits per heavy atom. The highest BCUT2D eigenvalue weighted by atomic mass is 32.2. The molecular weight excluding hydrogens is 332 g/mol. The largest absolute Gasteiger partial charge is 0.377 e. The van der Waals surface area contributed by atoms with Gasteiger partial charge in [0.2, 0.25) is 10.0 Å². The van der Waals surface area contributed by atoms with E-state index in [-0.39, 0.29) is 5.92 Å². The van der Waals surface area contributed by atoms with Gasteiger partial charge in [-0.15, -0.1) is 5.10 Å². The molecule has 2 saturated heterocycles. The molecule has 2 atom stereocenters. The van der Waals surface area contributed by atoms with Crippen LogP contribution >= 0.6 is 0 Å². The number of anilines is 1. The van der Waals surface area contributed by atoms with Crippen LogP contribution in [0.5, 0.6) is 0 Å². The molecule has 1 N–H and O–H groups in total. The number of nitrogens with zero attached hydrogens (tertiary/aromatic N) is 3. The molecule has 0 radical (unpaired) electrons. The monoisotopic (exact) mass is 356 g/mol. The number of sulfonamides is 1. The Labute approximate surface area is 142 Å². The van der Waals surface area contributed by atoms with Gasteiger partial charge >= 0.3 is 0 Å². The SMILES string of the molecule is Cc1ccc(NC[C@H]2CO[C@@]3(COCCN(S(C)(=O)=O)C3)C2)nn1. The molecular formula is C15H24N4O4S. The van der Waals surface area contributed by atoms with Crippen molar-refractivity contribution in [1.29, 1.82) is 0 Å². The molecule has 1 aromatic heterocycles. The van der Waals surface area contributed by atoms with Gasteiger partial charge in [0.1, 0.15) is 11.4 Å². The van der Waals surface area contributed by atoms with E-state index in [4.69, 9.17) is 9.47 Å². The van der Waals surface area contributed by atoms with Crippen molar-refractivity contribution in [2.45, 2.75) is 18.9 Å². The van der Waals surface area contributed by atoms with Crippen LogP contribution in [0.4, 0.5) is 5.82 Å². The van der Waals surface area contributed by atoms with E-state index in [1.54, 1.807) is 0 Å². The maximum atomic E-state index is 11.9. The van der Waals surface area contributed by atoms with Crippen molar-refractivity contribution in [3.05, 3.63) is 17.8 Å². The van der Waals surface area contributed by atoms with Crippen molar-refractivity contribution in [2.24, 2.45) is 5.92 Å². The minimum absolute atomic E-state index is 0.274. The van der Waals surface area contributed by atoms with E-state index in [0.29, 0.717) is 39.5 Å². The molecule has 2 aliphatic heterocycles. The molecule has 0 saturated carbocycles. The van der Waals surface area contributed by atoms with Crippen molar-refractivity contribution in [3.63, 3.8) is 0 Å². The van der Waals surface area contributed by atoms with Crippen LogP contribution < -0.4 is 5.32 Å². The van der Waals surface area contributed by atoms with E-state index in [1.165, 1.54) is 10.6 Å². The Kier molecular flexibility index (Phi) is 5.05. The Balaban J connectivity index is 1.59. The molecule has 0 aromatic carbocycles. The second-order valence-corrected chi connectivity index (χ2v) is 8.64. The smallest absolute Gasteiger partial charge is 0.211 e. The quantitative estimate of drug-likeness (QED) is 0.827. The van der Waals surface area contributed by atoms with E-state index in [2.05, 4.69) is 15.5 Å². The fourth-order valence-corrected chi connectivity index (χ4v) is 4.05. The van der Waals surface area contributed by atoms with Gasteiger partial charge in [-0.1, -0.05) is 0 Å². The van der Waals surface area contributed by atoms with E-state index in [0.717, 1.165) is 17.9 Å². The molecule has 0 amide bonds. The number of rotatable bonds is 4. The van der Waals surface area contributed by atoms with Crippen molar-refractivity contribution >= 4 is 15.8 Å². The van der Waals surface area contributed by atoms with Crippen LogP contribution in [0, 0.1) is 12.8 Å². The maximum Gasteiger partial charge on any atom is 0.211 e. The summed E-state index contributed by atoms with van der Waals surface area (Å²) >= 11 is 0. The van der Waals surface area contributed by atoms with Gasteiger partial charge < -0.3 is 14.8 Å².